The Hall–Kier alpha value is -2.49. The van der Waals surface area contributed by atoms with Gasteiger partial charge < -0.3 is 4.98 Å². The normalized spacial score (nSPS) is 16.1. The minimum atomic E-state index is -0.447. The van der Waals surface area contributed by atoms with Crippen LogP contribution in [0.25, 0.3) is 28.2 Å². The molecule has 1 aliphatic rings. The summed E-state index contributed by atoms with van der Waals surface area (Å²) in [4.78, 5) is 7.83. The maximum absolute atomic E-state index is 14.0. The SMILES string of the molecule is Fc1ccc(F)c(-c2ccc3nc(/C=C/C4CCCCC4)[nH]c3c2)c1. The number of H-pyrrole nitrogens is 1. The lowest BCUT2D eigenvalue weighted by atomic mass is 9.89. The second-order valence-electron chi connectivity index (χ2n) is 6.74. The van der Waals surface area contributed by atoms with Crippen molar-refractivity contribution in [3.63, 3.8) is 0 Å². The van der Waals surface area contributed by atoms with Gasteiger partial charge >= 0.3 is 0 Å². The number of benzene rings is 2. The molecule has 3 aromatic rings. The first-order chi connectivity index (χ1) is 12.2. The van der Waals surface area contributed by atoms with Gasteiger partial charge in [-0.05, 0) is 60.7 Å². The van der Waals surface area contributed by atoms with Gasteiger partial charge in [-0.25, -0.2) is 13.8 Å². The highest BCUT2D eigenvalue weighted by Crippen LogP contribution is 2.28. The van der Waals surface area contributed by atoms with E-state index in [2.05, 4.69) is 16.0 Å². The maximum atomic E-state index is 14.0. The Morgan fingerprint density at radius 1 is 1.00 bits per heavy atom. The number of imidazole rings is 1. The Bertz CT molecular complexity index is 921. The van der Waals surface area contributed by atoms with Gasteiger partial charge in [0.2, 0.25) is 0 Å². The number of hydrogen-bond donors (Lipinski definition) is 1. The molecule has 1 aromatic heterocycles. The molecule has 0 amide bonds. The van der Waals surface area contributed by atoms with Crippen LogP contribution in [0.2, 0.25) is 0 Å². The summed E-state index contributed by atoms with van der Waals surface area (Å²) in [7, 11) is 0. The summed E-state index contributed by atoms with van der Waals surface area (Å²) < 4.78 is 27.4. The van der Waals surface area contributed by atoms with Crippen molar-refractivity contribution in [2.45, 2.75) is 32.1 Å². The zero-order valence-electron chi connectivity index (χ0n) is 13.9. The smallest absolute Gasteiger partial charge is 0.131 e. The second-order valence-corrected chi connectivity index (χ2v) is 6.74. The van der Waals surface area contributed by atoms with Crippen LogP contribution in [0.15, 0.2) is 42.5 Å². The Kier molecular flexibility index (Phi) is 4.35. The minimum absolute atomic E-state index is 0.260. The molecule has 0 saturated heterocycles. The van der Waals surface area contributed by atoms with Crippen molar-refractivity contribution in [2.75, 3.05) is 0 Å². The summed E-state index contributed by atoms with van der Waals surface area (Å²) in [6.45, 7) is 0. The van der Waals surface area contributed by atoms with Crippen LogP contribution in [-0.2, 0) is 0 Å². The lowest BCUT2D eigenvalue weighted by Gasteiger charge is -2.17. The molecule has 1 saturated carbocycles. The van der Waals surface area contributed by atoms with Crippen LogP contribution in [0, 0.1) is 17.6 Å². The molecule has 1 heterocycles. The lowest BCUT2D eigenvalue weighted by Crippen LogP contribution is -2.02. The van der Waals surface area contributed by atoms with E-state index >= 15 is 0 Å². The van der Waals surface area contributed by atoms with Crippen molar-refractivity contribution in [3.05, 3.63) is 59.9 Å². The Morgan fingerprint density at radius 3 is 2.68 bits per heavy atom. The van der Waals surface area contributed by atoms with Crippen molar-refractivity contribution in [3.8, 4) is 11.1 Å². The fourth-order valence-electron chi connectivity index (χ4n) is 3.55. The number of aromatic nitrogens is 2. The predicted octanol–water partition coefficient (Wildman–Crippen LogP) is 6.10. The molecule has 0 radical (unpaired) electrons. The zero-order valence-corrected chi connectivity index (χ0v) is 13.9. The molecular weight excluding hydrogens is 318 g/mol. The van der Waals surface area contributed by atoms with Crippen molar-refractivity contribution in [2.24, 2.45) is 5.92 Å². The molecule has 25 heavy (non-hydrogen) atoms. The number of rotatable bonds is 3. The molecule has 2 aromatic carbocycles. The van der Waals surface area contributed by atoms with E-state index in [9.17, 15) is 8.78 Å². The molecule has 0 aliphatic heterocycles. The molecular formula is C21H20F2N2. The molecule has 1 aliphatic carbocycles. The highest BCUT2D eigenvalue weighted by atomic mass is 19.1. The first-order valence-electron chi connectivity index (χ1n) is 8.82. The van der Waals surface area contributed by atoms with E-state index < -0.39 is 11.6 Å². The van der Waals surface area contributed by atoms with E-state index in [1.165, 1.54) is 38.2 Å². The van der Waals surface area contributed by atoms with Crippen molar-refractivity contribution < 1.29 is 8.78 Å². The van der Waals surface area contributed by atoms with E-state index in [1.807, 2.05) is 18.2 Å². The van der Waals surface area contributed by atoms with Crippen LogP contribution in [0.1, 0.15) is 37.9 Å². The van der Waals surface area contributed by atoms with Crippen molar-refractivity contribution in [1.29, 1.82) is 0 Å². The van der Waals surface area contributed by atoms with E-state index in [4.69, 9.17) is 0 Å². The molecule has 0 spiro atoms. The zero-order chi connectivity index (χ0) is 17.2. The molecule has 0 atom stereocenters. The third-order valence-electron chi connectivity index (χ3n) is 4.92. The Morgan fingerprint density at radius 2 is 1.84 bits per heavy atom. The molecule has 2 nitrogen and oxygen atoms in total. The van der Waals surface area contributed by atoms with Crippen LogP contribution in [0.3, 0.4) is 0 Å². The summed E-state index contributed by atoms with van der Waals surface area (Å²) in [5.41, 5.74) is 2.54. The molecule has 0 unspecified atom stereocenters. The predicted molar refractivity (Wildman–Crippen MR) is 97.1 cm³/mol. The first kappa shape index (κ1) is 16.0. The average molecular weight is 338 g/mol. The van der Waals surface area contributed by atoms with E-state index in [-0.39, 0.29) is 5.56 Å². The fourth-order valence-corrected chi connectivity index (χ4v) is 3.55. The van der Waals surface area contributed by atoms with E-state index in [0.29, 0.717) is 11.5 Å². The van der Waals surface area contributed by atoms with Crippen LogP contribution in [0.5, 0.6) is 0 Å². The second kappa shape index (κ2) is 6.79. The summed E-state index contributed by atoms with van der Waals surface area (Å²) in [5.74, 6) is 0.561. The molecule has 1 N–H and O–H groups in total. The number of aromatic amines is 1. The number of hydrogen-bond acceptors (Lipinski definition) is 1. The first-order valence-corrected chi connectivity index (χ1v) is 8.82. The van der Waals surface area contributed by atoms with Crippen LogP contribution >= 0.6 is 0 Å². The molecule has 0 bridgehead atoms. The molecule has 4 heteroatoms. The number of fused-ring (bicyclic) bond motifs is 1. The molecule has 4 rings (SSSR count). The van der Waals surface area contributed by atoms with Gasteiger partial charge in [0.15, 0.2) is 0 Å². The summed E-state index contributed by atoms with van der Waals surface area (Å²) >= 11 is 0. The van der Waals surface area contributed by atoms with Gasteiger partial charge in [0, 0.05) is 5.56 Å². The minimum Gasteiger partial charge on any atom is -0.338 e. The van der Waals surface area contributed by atoms with Gasteiger partial charge in [-0.15, -0.1) is 0 Å². The third-order valence-corrected chi connectivity index (χ3v) is 4.92. The maximum Gasteiger partial charge on any atom is 0.131 e. The number of allylic oxidation sites excluding steroid dienone is 1. The lowest BCUT2D eigenvalue weighted by molar-refractivity contribution is 0.420. The topological polar surface area (TPSA) is 28.7 Å². The third kappa shape index (κ3) is 3.48. The van der Waals surface area contributed by atoms with Gasteiger partial charge in [0.25, 0.3) is 0 Å². The highest BCUT2D eigenvalue weighted by Gasteiger charge is 2.11. The number of nitrogens with one attached hydrogen (secondary N) is 1. The van der Waals surface area contributed by atoms with Crippen molar-refractivity contribution in [1.82, 2.24) is 9.97 Å². The average Bonchev–Trinajstić information content (AvgIpc) is 3.05. The summed E-state index contributed by atoms with van der Waals surface area (Å²) in [5, 5.41) is 0. The summed E-state index contributed by atoms with van der Waals surface area (Å²) in [6, 6.07) is 8.93. The van der Waals surface area contributed by atoms with Gasteiger partial charge in [-0.1, -0.05) is 31.4 Å². The summed E-state index contributed by atoms with van der Waals surface area (Å²) in [6.07, 6.45) is 10.7. The van der Waals surface area contributed by atoms with Crippen LogP contribution < -0.4 is 0 Å². The quantitative estimate of drug-likeness (QED) is 0.614. The molecule has 128 valence electrons. The van der Waals surface area contributed by atoms with Gasteiger partial charge in [0.05, 0.1) is 11.0 Å². The largest absolute Gasteiger partial charge is 0.338 e. The number of halogens is 2. The van der Waals surface area contributed by atoms with Crippen LogP contribution in [-0.4, -0.2) is 9.97 Å². The molecule has 1 fully saturated rings. The fraction of sp³-hybridized carbons (Fsp3) is 0.286. The standard InChI is InChI=1S/C21H20F2N2/c22-16-8-9-18(23)17(13-16)15-7-10-19-20(12-15)25-21(24-19)11-6-14-4-2-1-3-5-14/h6-14H,1-5H2,(H,24,25)/b11-6+. The monoisotopic (exact) mass is 338 g/mol. The van der Waals surface area contributed by atoms with Gasteiger partial charge in [0.1, 0.15) is 17.5 Å². The van der Waals surface area contributed by atoms with E-state index in [0.717, 1.165) is 29.0 Å². The Balaban J connectivity index is 1.63. The Labute approximate surface area is 145 Å². The van der Waals surface area contributed by atoms with E-state index in [1.54, 1.807) is 6.07 Å². The van der Waals surface area contributed by atoms with Gasteiger partial charge in [-0.2, -0.15) is 0 Å². The van der Waals surface area contributed by atoms with Crippen molar-refractivity contribution >= 4 is 17.1 Å². The van der Waals surface area contributed by atoms with Crippen LogP contribution in [0.4, 0.5) is 8.78 Å². The highest BCUT2D eigenvalue weighted by molar-refractivity contribution is 5.83. The number of nitrogens with zero attached hydrogens (tertiary/aromatic N) is 1. The van der Waals surface area contributed by atoms with Gasteiger partial charge in [-0.3, -0.25) is 0 Å².